The van der Waals surface area contributed by atoms with Crippen molar-refractivity contribution in [3.8, 4) is 11.3 Å². The smallest absolute Gasteiger partial charge is 0.250 e. The van der Waals surface area contributed by atoms with E-state index >= 15 is 0 Å². The number of furan rings is 1. The fraction of sp³-hybridized carbons (Fsp3) is 0.148. The van der Waals surface area contributed by atoms with E-state index in [4.69, 9.17) is 21.4 Å². The van der Waals surface area contributed by atoms with E-state index < -0.39 is 6.04 Å². The molecule has 188 valence electrons. The number of anilines is 2. The first-order chi connectivity index (χ1) is 17.9. The average molecular weight is 581 g/mol. The zero-order chi connectivity index (χ0) is 25.9. The second kappa shape index (κ2) is 10.8. The molecule has 1 fully saturated rings. The first-order valence-corrected chi connectivity index (χ1v) is 12.6. The summed E-state index contributed by atoms with van der Waals surface area (Å²) < 4.78 is 26.4. The quantitative estimate of drug-likeness (QED) is 0.259. The number of thiocarbonyl (C=S) groups is 1. The highest BCUT2D eigenvalue weighted by Crippen LogP contribution is 2.43. The minimum Gasteiger partial charge on any atom is -0.459 e. The van der Waals surface area contributed by atoms with E-state index in [2.05, 4.69) is 31.5 Å². The Labute approximate surface area is 226 Å². The average Bonchev–Trinajstić information content (AvgIpc) is 3.50. The van der Waals surface area contributed by atoms with Gasteiger partial charge < -0.3 is 24.7 Å². The molecule has 2 N–H and O–H groups in total. The van der Waals surface area contributed by atoms with Gasteiger partial charge in [0.05, 0.1) is 17.3 Å². The highest BCUT2D eigenvalue weighted by molar-refractivity contribution is 9.10. The number of hydrogen-bond donors (Lipinski definition) is 2. The van der Waals surface area contributed by atoms with Crippen LogP contribution in [-0.2, 0) is 9.53 Å². The molecule has 0 saturated carbocycles. The first-order valence-electron chi connectivity index (χ1n) is 11.4. The monoisotopic (exact) mass is 580 g/mol. The number of benzene rings is 2. The molecular weight excluding hydrogens is 559 g/mol. The molecule has 0 aliphatic carbocycles. The van der Waals surface area contributed by atoms with Gasteiger partial charge in [-0.15, -0.1) is 0 Å². The molecular formula is C27H22BrFN4O3S. The van der Waals surface area contributed by atoms with Crippen LogP contribution in [0.1, 0.15) is 23.5 Å². The summed E-state index contributed by atoms with van der Waals surface area (Å²) in [6.07, 6.45) is 1.72. The van der Waals surface area contributed by atoms with E-state index in [1.54, 1.807) is 36.5 Å². The highest BCUT2D eigenvalue weighted by atomic mass is 79.9. The van der Waals surface area contributed by atoms with E-state index in [0.717, 1.165) is 11.4 Å². The molecule has 0 bridgehead atoms. The van der Waals surface area contributed by atoms with Crippen LogP contribution in [0.15, 0.2) is 87.9 Å². The number of aromatic nitrogens is 1. The van der Waals surface area contributed by atoms with E-state index in [1.165, 1.54) is 13.2 Å². The Bertz CT molecular complexity index is 1430. The first kappa shape index (κ1) is 25.1. The van der Waals surface area contributed by atoms with E-state index in [0.29, 0.717) is 32.4 Å². The number of carbonyl (C=O) groups excluding carboxylic acids is 1. The summed E-state index contributed by atoms with van der Waals surface area (Å²) >= 11 is 9.03. The molecule has 1 aliphatic heterocycles. The predicted octanol–water partition coefficient (Wildman–Crippen LogP) is 6.01. The molecule has 10 heteroatoms. The van der Waals surface area contributed by atoms with Crippen molar-refractivity contribution in [2.45, 2.75) is 12.1 Å². The van der Waals surface area contributed by atoms with Gasteiger partial charge in [0.25, 0.3) is 0 Å². The Hall–Kier alpha value is -3.60. The molecule has 7 nitrogen and oxygen atoms in total. The maximum absolute atomic E-state index is 14.7. The number of rotatable bonds is 7. The number of methoxy groups -OCH3 is 1. The van der Waals surface area contributed by atoms with Crippen molar-refractivity contribution in [1.82, 2.24) is 10.3 Å². The Morgan fingerprint density at radius 1 is 1.19 bits per heavy atom. The van der Waals surface area contributed by atoms with E-state index in [1.807, 2.05) is 41.3 Å². The van der Waals surface area contributed by atoms with E-state index in [9.17, 15) is 9.18 Å². The van der Waals surface area contributed by atoms with Gasteiger partial charge in [0, 0.05) is 29.2 Å². The normalized spacial score (nSPS) is 17.1. The molecule has 0 spiro atoms. The molecule has 2 atom stereocenters. The molecule has 2 unspecified atom stereocenters. The van der Waals surface area contributed by atoms with Gasteiger partial charge in [-0.3, -0.25) is 9.78 Å². The Morgan fingerprint density at radius 3 is 2.70 bits per heavy atom. The Morgan fingerprint density at radius 2 is 2.00 bits per heavy atom. The third-order valence-electron chi connectivity index (χ3n) is 5.92. The van der Waals surface area contributed by atoms with Crippen molar-refractivity contribution in [3.63, 3.8) is 0 Å². The van der Waals surface area contributed by atoms with Gasteiger partial charge in [-0.1, -0.05) is 22.0 Å². The minimum absolute atomic E-state index is 0.0322. The zero-order valence-electron chi connectivity index (χ0n) is 19.7. The van der Waals surface area contributed by atoms with Crippen LogP contribution in [0, 0.1) is 5.82 Å². The molecule has 37 heavy (non-hydrogen) atoms. The summed E-state index contributed by atoms with van der Waals surface area (Å²) in [6.45, 7) is -0.0322. The van der Waals surface area contributed by atoms with Gasteiger partial charge in [-0.05, 0) is 78.9 Å². The van der Waals surface area contributed by atoms with Gasteiger partial charge in [0.1, 0.15) is 30.0 Å². The fourth-order valence-electron chi connectivity index (χ4n) is 4.30. The number of pyridine rings is 1. The van der Waals surface area contributed by atoms with Crippen LogP contribution in [0.2, 0.25) is 0 Å². The number of hydrogen-bond acceptors (Lipinski definition) is 5. The standard InChI is InChI=1S/C27H22BrFN4O3S/c1-35-15-24(34)31-17-6-8-18(9-7-17)33-26(25(32-27(33)37)21-4-2-3-13-30-21)23-12-11-22(36-23)19-10-5-16(28)14-20(19)29/h2-14,25-26H,15H2,1H3,(H,31,34)(H,32,37). The van der Waals surface area contributed by atoms with Crippen molar-refractivity contribution < 1.29 is 18.3 Å². The highest BCUT2D eigenvalue weighted by Gasteiger charge is 2.42. The lowest BCUT2D eigenvalue weighted by Gasteiger charge is -2.26. The molecule has 1 saturated heterocycles. The Kier molecular flexibility index (Phi) is 7.31. The lowest BCUT2D eigenvalue weighted by atomic mass is 10.0. The molecule has 1 aliphatic rings. The summed E-state index contributed by atoms with van der Waals surface area (Å²) in [7, 11) is 1.47. The molecule has 2 aromatic heterocycles. The summed E-state index contributed by atoms with van der Waals surface area (Å²) in [4.78, 5) is 18.4. The molecule has 3 heterocycles. The van der Waals surface area contributed by atoms with E-state index in [-0.39, 0.29) is 24.4 Å². The number of halogens is 2. The van der Waals surface area contributed by atoms with Crippen LogP contribution in [0.25, 0.3) is 11.3 Å². The van der Waals surface area contributed by atoms with Gasteiger partial charge in [-0.2, -0.15) is 0 Å². The van der Waals surface area contributed by atoms with Crippen molar-refractivity contribution in [1.29, 1.82) is 0 Å². The van der Waals surface area contributed by atoms with Crippen LogP contribution < -0.4 is 15.5 Å². The van der Waals surface area contributed by atoms with Gasteiger partial charge in [-0.25, -0.2) is 4.39 Å². The van der Waals surface area contributed by atoms with Crippen LogP contribution in [0.5, 0.6) is 0 Å². The summed E-state index contributed by atoms with van der Waals surface area (Å²) in [5.74, 6) is 0.371. The van der Waals surface area contributed by atoms with Gasteiger partial charge in [0.15, 0.2) is 5.11 Å². The minimum atomic E-state index is -0.399. The molecule has 0 radical (unpaired) electrons. The maximum Gasteiger partial charge on any atom is 0.250 e. The number of nitrogens with one attached hydrogen (secondary N) is 2. The Balaban J connectivity index is 1.52. The summed E-state index contributed by atoms with van der Waals surface area (Å²) in [5, 5.41) is 6.64. The van der Waals surface area contributed by atoms with Gasteiger partial charge >= 0.3 is 0 Å². The van der Waals surface area contributed by atoms with Crippen molar-refractivity contribution in [2.75, 3.05) is 23.9 Å². The largest absolute Gasteiger partial charge is 0.459 e. The fourth-order valence-corrected chi connectivity index (χ4v) is 4.98. The van der Waals surface area contributed by atoms with Crippen LogP contribution in [0.4, 0.5) is 15.8 Å². The predicted molar refractivity (Wildman–Crippen MR) is 147 cm³/mol. The SMILES string of the molecule is COCC(=O)Nc1ccc(N2C(=S)NC(c3ccccn3)C2c2ccc(-c3ccc(Br)cc3F)o2)cc1. The summed E-state index contributed by atoms with van der Waals surface area (Å²) in [6, 6.07) is 20.7. The number of nitrogens with zero attached hydrogens (tertiary/aromatic N) is 2. The molecule has 1 amide bonds. The molecule has 4 aromatic rings. The van der Waals surface area contributed by atoms with Crippen LogP contribution >= 0.6 is 28.1 Å². The van der Waals surface area contributed by atoms with Crippen LogP contribution in [-0.4, -0.2) is 29.7 Å². The molecule has 2 aromatic carbocycles. The van der Waals surface area contributed by atoms with Gasteiger partial charge in [0.2, 0.25) is 5.91 Å². The zero-order valence-corrected chi connectivity index (χ0v) is 22.1. The lowest BCUT2D eigenvalue weighted by molar-refractivity contribution is -0.119. The lowest BCUT2D eigenvalue weighted by Crippen LogP contribution is -2.29. The van der Waals surface area contributed by atoms with Crippen molar-refractivity contribution >= 4 is 50.5 Å². The number of amides is 1. The number of carbonyl (C=O) groups is 1. The maximum atomic E-state index is 14.7. The number of ether oxygens (including phenoxy) is 1. The second-order valence-corrected chi connectivity index (χ2v) is 9.65. The van der Waals surface area contributed by atoms with Crippen LogP contribution in [0.3, 0.4) is 0 Å². The summed E-state index contributed by atoms with van der Waals surface area (Å²) in [5.41, 5.74) is 2.57. The second-order valence-electron chi connectivity index (χ2n) is 8.35. The topological polar surface area (TPSA) is 79.6 Å². The van der Waals surface area contributed by atoms with Crippen molar-refractivity contribution in [2.24, 2.45) is 0 Å². The molecule has 5 rings (SSSR count). The third-order valence-corrected chi connectivity index (χ3v) is 6.73. The van der Waals surface area contributed by atoms with Crippen molar-refractivity contribution in [3.05, 3.63) is 101 Å². The third kappa shape index (κ3) is 5.27.